The number of benzene rings is 1. The fourth-order valence-corrected chi connectivity index (χ4v) is 5.81. The number of rotatable bonds is 6. The Labute approximate surface area is 184 Å². The van der Waals surface area contributed by atoms with E-state index in [0.29, 0.717) is 5.75 Å². The SMILES string of the molecule is CC1Cc2ccccc2N1C(=O)CSc1nnc(-c2cccs2)n1CC1CCCO1. The average Bonchev–Trinajstić information content (AvgIpc) is 3.53. The first-order chi connectivity index (χ1) is 14.7. The van der Waals surface area contributed by atoms with Gasteiger partial charge in [0.15, 0.2) is 11.0 Å². The maximum Gasteiger partial charge on any atom is 0.237 e. The molecular weight excluding hydrogens is 416 g/mol. The van der Waals surface area contributed by atoms with Crippen molar-refractivity contribution in [2.45, 2.75) is 50.0 Å². The van der Waals surface area contributed by atoms with Crippen LogP contribution in [0, 0.1) is 0 Å². The van der Waals surface area contributed by atoms with Crippen LogP contribution in [0.25, 0.3) is 10.7 Å². The Bertz CT molecular complexity index is 1030. The zero-order valence-corrected chi connectivity index (χ0v) is 18.5. The molecule has 2 aliphatic heterocycles. The molecule has 30 heavy (non-hydrogen) atoms. The van der Waals surface area contributed by atoms with Gasteiger partial charge in [-0.05, 0) is 49.3 Å². The highest BCUT2D eigenvalue weighted by Crippen LogP contribution is 2.33. The van der Waals surface area contributed by atoms with Crippen molar-refractivity contribution >= 4 is 34.7 Å². The first-order valence-electron chi connectivity index (χ1n) is 10.3. The van der Waals surface area contributed by atoms with Crippen LogP contribution in [0.1, 0.15) is 25.3 Å². The summed E-state index contributed by atoms with van der Waals surface area (Å²) in [7, 11) is 0. The largest absolute Gasteiger partial charge is 0.376 e. The van der Waals surface area contributed by atoms with Gasteiger partial charge in [0.25, 0.3) is 0 Å². The summed E-state index contributed by atoms with van der Waals surface area (Å²) >= 11 is 3.12. The lowest BCUT2D eigenvalue weighted by Gasteiger charge is -2.22. The molecule has 1 aromatic carbocycles. The van der Waals surface area contributed by atoms with Crippen molar-refractivity contribution in [3.8, 4) is 10.7 Å². The van der Waals surface area contributed by atoms with Gasteiger partial charge < -0.3 is 9.64 Å². The number of carbonyl (C=O) groups is 1. The van der Waals surface area contributed by atoms with Gasteiger partial charge in [0.1, 0.15) is 0 Å². The van der Waals surface area contributed by atoms with Crippen LogP contribution in [-0.2, 0) is 22.5 Å². The van der Waals surface area contributed by atoms with Crippen LogP contribution in [0.4, 0.5) is 5.69 Å². The molecule has 1 saturated heterocycles. The lowest BCUT2D eigenvalue weighted by molar-refractivity contribution is -0.116. The van der Waals surface area contributed by atoms with Gasteiger partial charge in [-0.2, -0.15) is 0 Å². The van der Waals surface area contributed by atoms with E-state index < -0.39 is 0 Å². The minimum atomic E-state index is 0.113. The van der Waals surface area contributed by atoms with E-state index in [1.165, 1.54) is 17.3 Å². The highest BCUT2D eigenvalue weighted by Gasteiger charge is 2.31. The van der Waals surface area contributed by atoms with Gasteiger partial charge in [0, 0.05) is 18.3 Å². The standard InChI is InChI=1S/C22H24N4O2S2/c1-15-12-16-6-2-3-8-18(16)26(15)20(27)14-30-22-24-23-21(19-9-5-11-29-19)25(22)13-17-7-4-10-28-17/h2-3,5-6,8-9,11,15,17H,4,7,10,12-14H2,1H3. The molecular formula is C22H24N4O2S2. The monoisotopic (exact) mass is 440 g/mol. The van der Waals surface area contributed by atoms with Crippen molar-refractivity contribution in [1.82, 2.24) is 14.8 Å². The molecule has 6 nitrogen and oxygen atoms in total. The van der Waals surface area contributed by atoms with Crippen molar-refractivity contribution in [2.24, 2.45) is 0 Å². The highest BCUT2D eigenvalue weighted by atomic mass is 32.2. The molecule has 1 fully saturated rings. The van der Waals surface area contributed by atoms with E-state index in [0.717, 1.165) is 54.0 Å². The summed E-state index contributed by atoms with van der Waals surface area (Å²) < 4.78 is 7.98. The fourth-order valence-electron chi connectivity index (χ4n) is 4.28. The normalized spacial score (nSPS) is 20.6. The molecule has 0 aliphatic carbocycles. The first kappa shape index (κ1) is 19.8. The Balaban J connectivity index is 1.35. The number of ether oxygens (including phenoxy) is 1. The average molecular weight is 441 g/mol. The number of hydrogen-bond acceptors (Lipinski definition) is 6. The number of thioether (sulfide) groups is 1. The molecule has 3 aromatic rings. The van der Waals surface area contributed by atoms with Crippen molar-refractivity contribution < 1.29 is 9.53 Å². The predicted molar refractivity (Wildman–Crippen MR) is 120 cm³/mol. The van der Waals surface area contributed by atoms with E-state index in [1.54, 1.807) is 11.3 Å². The van der Waals surface area contributed by atoms with Gasteiger partial charge in [-0.15, -0.1) is 21.5 Å². The Kier molecular flexibility index (Phi) is 5.62. The van der Waals surface area contributed by atoms with Gasteiger partial charge in [0.05, 0.1) is 23.3 Å². The molecule has 0 bridgehead atoms. The third kappa shape index (κ3) is 3.79. The Morgan fingerprint density at radius 1 is 1.27 bits per heavy atom. The Hall–Kier alpha value is -2.16. The number of para-hydroxylation sites is 1. The molecule has 4 heterocycles. The summed E-state index contributed by atoms with van der Waals surface area (Å²) in [5.41, 5.74) is 2.28. The van der Waals surface area contributed by atoms with Crippen molar-refractivity contribution in [3.05, 3.63) is 47.3 Å². The summed E-state index contributed by atoms with van der Waals surface area (Å²) in [6.07, 6.45) is 3.23. The van der Waals surface area contributed by atoms with Crippen molar-refractivity contribution in [3.63, 3.8) is 0 Å². The second kappa shape index (κ2) is 8.53. The molecule has 0 radical (unpaired) electrons. The Morgan fingerprint density at radius 2 is 2.17 bits per heavy atom. The zero-order chi connectivity index (χ0) is 20.5. The summed E-state index contributed by atoms with van der Waals surface area (Å²) in [5.74, 6) is 1.31. The van der Waals surface area contributed by atoms with Crippen LogP contribution < -0.4 is 4.90 Å². The fraction of sp³-hybridized carbons (Fsp3) is 0.409. The molecule has 0 spiro atoms. The smallest absolute Gasteiger partial charge is 0.237 e. The minimum absolute atomic E-state index is 0.113. The third-order valence-electron chi connectivity index (χ3n) is 5.67. The van der Waals surface area contributed by atoms with Crippen LogP contribution in [0.2, 0.25) is 0 Å². The van der Waals surface area contributed by atoms with Crippen LogP contribution in [0.15, 0.2) is 46.9 Å². The van der Waals surface area contributed by atoms with Crippen molar-refractivity contribution in [2.75, 3.05) is 17.3 Å². The molecule has 2 unspecified atom stereocenters. The first-order valence-corrected chi connectivity index (χ1v) is 12.2. The predicted octanol–water partition coefficient (Wildman–Crippen LogP) is 4.26. The molecule has 2 aromatic heterocycles. The van der Waals surface area contributed by atoms with Gasteiger partial charge in [-0.25, -0.2) is 0 Å². The maximum absolute atomic E-state index is 13.1. The topological polar surface area (TPSA) is 60.2 Å². The molecule has 2 aliphatic rings. The van der Waals surface area contributed by atoms with Crippen LogP contribution in [0.5, 0.6) is 0 Å². The van der Waals surface area contributed by atoms with Crippen LogP contribution in [0.3, 0.4) is 0 Å². The van der Waals surface area contributed by atoms with E-state index in [2.05, 4.69) is 33.8 Å². The highest BCUT2D eigenvalue weighted by molar-refractivity contribution is 7.99. The number of nitrogens with zero attached hydrogens (tertiary/aromatic N) is 4. The number of amides is 1. The molecule has 2 atom stereocenters. The number of fused-ring (bicyclic) bond motifs is 1. The van der Waals surface area contributed by atoms with E-state index in [1.807, 2.05) is 34.5 Å². The number of thiophene rings is 1. The van der Waals surface area contributed by atoms with E-state index in [9.17, 15) is 4.79 Å². The molecule has 5 rings (SSSR count). The maximum atomic E-state index is 13.1. The van der Waals surface area contributed by atoms with Crippen LogP contribution in [-0.4, -0.2) is 45.2 Å². The van der Waals surface area contributed by atoms with Gasteiger partial charge >= 0.3 is 0 Å². The quantitative estimate of drug-likeness (QED) is 0.536. The number of aromatic nitrogens is 3. The van der Waals surface area contributed by atoms with Crippen molar-refractivity contribution in [1.29, 1.82) is 0 Å². The van der Waals surface area contributed by atoms with Gasteiger partial charge in [-0.3, -0.25) is 9.36 Å². The molecule has 156 valence electrons. The molecule has 8 heteroatoms. The lowest BCUT2D eigenvalue weighted by atomic mass is 10.1. The number of hydrogen-bond donors (Lipinski definition) is 0. The zero-order valence-electron chi connectivity index (χ0n) is 16.9. The summed E-state index contributed by atoms with van der Waals surface area (Å²) in [6, 6.07) is 12.4. The number of anilines is 1. The van der Waals surface area contributed by atoms with Crippen LogP contribution >= 0.6 is 23.1 Å². The third-order valence-corrected chi connectivity index (χ3v) is 7.49. The van der Waals surface area contributed by atoms with E-state index in [-0.39, 0.29) is 18.1 Å². The molecule has 0 saturated carbocycles. The van der Waals surface area contributed by atoms with Gasteiger partial charge in [0.2, 0.25) is 5.91 Å². The summed E-state index contributed by atoms with van der Waals surface area (Å²) in [4.78, 5) is 16.1. The number of carbonyl (C=O) groups excluding carboxylic acids is 1. The van der Waals surface area contributed by atoms with E-state index >= 15 is 0 Å². The molecule has 0 N–H and O–H groups in total. The summed E-state index contributed by atoms with van der Waals surface area (Å²) in [5, 5.41) is 11.7. The summed E-state index contributed by atoms with van der Waals surface area (Å²) in [6.45, 7) is 3.64. The van der Waals surface area contributed by atoms with E-state index in [4.69, 9.17) is 4.74 Å². The lowest BCUT2D eigenvalue weighted by Crippen LogP contribution is -2.37. The Morgan fingerprint density at radius 3 is 2.97 bits per heavy atom. The molecule has 1 amide bonds. The minimum Gasteiger partial charge on any atom is -0.376 e. The second-order valence-corrected chi connectivity index (χ2v) is 9.65. The van der Waals surface area contributed by atoms with Gasteiger partial charge in [-0.1, -0.05) is 36.0 Å². The second-order valence-electron chi connectivity index (χ2n) is 7.76.